The highest BCUT2D eigenvalue weighted by atomic mass is 79.9. The highest BCUT2D eigenvalue weighted by Crippen LogP contribution is 2.22. The average molecular weight is 660 g/mol. The number of halogens is 1. The molecular weight excluding hydrogens is 610 g/mol. The van der Waals surface area contributed by atoms with Crippen LogP contribution in [-0.4, -0.2) is 68.4 Å². The van der Waals surface area contributed by atoms with E-state index < -0.39 is 17.9 Å². The van der Waals surface area contributed by atoms with Crippen LogP contribution in [0.2, 0.25) is 0 Å². The molecular formula is C29H49BrN5O5S+. The van der Waals surface area contributed by atoms with Crippen LogP contribution in [0.3, 0.4) is 0 Å². The lowest BCUT2D eigenvalue weighted by atomic mass is 10.0. The first-order valence-electron chi connectivity index (χ1n) is 13.3. The van der Waals surface area contributed by atoms with Gasteiger partial charge in [0.2, 0.25) is 16.4 Å². The van der Waals surface area contributed by atoms with Gasteiger partial charge in [-0.1, -0.05) is 40.5 Å². The molecule has 0 fully saturated rings. The van der Waals surface area contributed by atoms with Gasteiger partial charge in [-0.15, -0.1) is 17.0 Å². The zero-order chi connectivity index (χ0) is 32.0. The second kappa shape index (κ2) is 23.1. The van der Waals surface area contributed by atoms with Crippen molar-refractivity contribution in [2.45, 2.75) is 58.3 Å². The predicted molar refractivity (Wildman–Crippen MR) is 170 cm³/mol. The van der Waals surface area contributed by atoms with E-state index in [1.54, 1.807) is 37.5 Å². The zero-order valence-corrected chi connectivity index (χ0v) is 27.9. The summed E-state index contributed by atoms with van der Waals surface area (Å²) >= 11 is 4.55. The van der Waals surface area contributed by atoms with Crippen molar-refractivity contribution in [3.05, 3.63) is 40.5 Å². The highest BCUT2D eigenvalue weighted by Gasteiger charge is 2.26. The Hall–Kier alpha value is -2.56. The van der Waals surface area contributed by atoms with Gasteiger partial charge in [-0.3, -0.25) is 14.7 Å². The number of hydrogen-bond acceptors (Lipinski definition) is 7. The average Bonchev–Trinajstić information content (AvgIpc) is 2.92. The lowest BCUT2D eigenvalue weighted by Gasteiger charge is -2.28. The number of unbranched alkanes of at least 4 members (excludes halogenated alkanes) is 1. The maximum absolute atomic E-state index is 11.6. The minimum absolute atomic E-state index is 0.0366. The van der Waals surface area contributed by atoms with E-state index in [0.717, 1.165) is 40.0 Å². The van der Waals surface area contributed by atoms with E-state index in [-0.39, 0.29) is 17.8 Å². The number of carbonyl (C=O) groups excluding carboxylic acids is 3. The summed E-state index contributed by atoms with van der Waals surface area (Å²) in [5, 5.41) is 5.28. The molecule has 0 spiro atoms. The molecule has 1 atom stereocenters. The van der Waals surface area contributed by atoms with Crippen molar-refractivity contribution >= 4 is 45.8 Å². The second-order valence-electron chi connectivity index (χ2n) is 10.1. The first-order valence-corrected chi connectivity index (χ1v) is 14.9. The SMILES string of the molecule is C#CCCC[N+](C)(OC)/C(Br)=C/COC(=O)N(C)CC(N)=O.CC(C)CCC(C)C.NSc1ccc(C(N)=O)cc1. The van der Waals surface area contributed by atoms with Crippen LogP contribution in [0.15, 0.2) is 39.8 Å². The number of benzene rings is 1. The maximum Gasteiger partial charge on any atom is 0.410 e. The number of rotatable bonds is 14. The maximum atomic E-state index is 11.6. The van der Waals surface area contributed by atoms with Gasteiger partial charge >= 0.3 is 6.09 Å². The monoisotopic (exact) mass is 658 g/mol. The van der Waals surface area contributed by atoms with Crippen LogP contribution in [0.25, 0.3) is 0 Å². The van der Waals surface area contributed by atoms with Gasteiger partial charge in [0.25, 0.3) is 0 Å². The van der Waals surface area contributed by atoms with Crippen molar-refractivity contribution in [3.8, 4) is 12.3 Å². The standard InChI is InChI=1S/C14H22BrN3O4.C8H18.C7H8N2OS/c1-5-6-7-9-18(3,21-4)12(15)8-10-22-14(20)17(2)11-13(16)19;1-7(2)5-6-8(3)4;8-7(10)5-1-3-6(11-9)4-2-5/h1,8H,6-7,9-11H2,2-4H3,(H-,16,19);7-8H,5-6H2,1-4H3;1-4H,9H2,(H2,8,10)/p+1/b12-8+;;. The van der Waals surface area contributed by atoms with Gasteiger partial charge in [0, 0.05) is 52.4 Å². The Bertz CT molecular complexity index is 975. The first-order chi connectivity index (χ1) is 19.1. The fourth-order valence-corrected chi connectivity index (χ4v) is 3.66. The highest BCUT2D eigenvalue weighted by molar-refractivity contribution is 9.11. The minimum Gasteiger partial charge on any atom is -0.445 e. The zero-order valence-electron chi connectivity index (χ0n) is 25.5. The minimum atomic E-state index is -0.630. The number of ether oxygens (including phenoxy) is 1. The molecule has 0 bridgehead atoms. The Morgan fingerprint density at radius 2 is 1.66 bits per heavy atom. The van der Waals surface area contributed by atoms with E-state index in [0.29, 0.717) is 23.1 Å². The van der Waals surface area contributed by atoms with Crippen LogP contribution in [0.4, 0.5) is 4.79 Å². The van der Waals surface area contributed by atoms with Crippen LogP contribution in [0.5, 0.6) is 0 Å². The molecule has 0 saturated heterocycles. The molecule has 0 radical (unpaired) electrons. The number of amides is 3. The summed E-state index contributed by atoms with van der Waals surface area (Å²) in [5.74, 6) is 3.33. The number of hydrogen-bond donors (Lipinski definition) is 3. The fraction of sp³-hybridized carbons (Fsp3) is 0.552. The van der Waals surface area contributed by atoms with Crippen molar-refractivity contribution in [2.75, 3.05) is 40.9 Å². The molecule has 10 nitrogen and oxygen atoms in total. The lowest BCUT2D eigenvalue weighted by Crippen LogP contribution is -2.41. The lowest BCUT2D eigenvalue weighted by molar-refractivity contribution is -1.05. The topological polar surface area (TPSA) is 151 Å². The van der Waals surface area contributed by atoms with Gasteiger partial charge in [0.1, 0.15) is 26.7 Å². The Labute approximate surface area is 259 Å². The van der Waals surface area contributed by atoms with Crippen molar-refractivity contribution in [1.29, 1.82) is 0 Å². The van der Waals surface area contributed by atoms with Gasteiger partial charge in [-0.2, -0.15) is 0 Å². The number of primary amides is 2. The molecule has 1 aromatic carbocycles. The molecule has 1 unspecified atom stereocenters. The summed E-state index contributed by atoms with van der Waals surface area (Å²) in [7, 11) is 4.87. The quantitative estimate of drug-likeness (QED) is 0.0633. The number of likely N-dealkylation sites (N-methyl/N-ethyl adjacent to an activating group) is 1. The van der Waals surface area contributed by atoms with Gasteiger partial charge in [0.05, 0.1) is 7.11 Å². The van der Waals surface area contributed by atoms with Crippen LogP contribution in [0.1, 0.15) is 63.7 Å². The molecule has 232 valence electrons. The third-order valence-corrected chi connectivity index (χ3v) is 7.14. The van der Waals surface area contributed by atoms with E-state index in [9.17, 15) is 14.4 Å². The Morgan fingerprint density at radius 3 is 2.05 bits per heavy atom. The van der Waals surface area contributed by atoms with E-state index in [1.807, 2.05) is 7.05 Å². The molecule has 0 saturated carbocycles. The number of nitrogens with zero attached hydrogens (tertiary/aromatic N) is 2. The van der Waals surface area contributed by atoms with Gasteiger partial charge in [-0.05, 0) is 48.0 Å². The van der Waals surface area contributed by atoms with Crippen LogP contribution in [0, 0.1) is 24.2 Å². The molecule has 0 aliphatic rings. The summed E-state index contributed by atoms with van der Waals surface area (Å²) in [5.41, 5.74) is 10.5. The van der Waals surface area contributed by atoms with Gasteiger partial charge in [0.15, 0.2) is 0 Å². The fourth-order valence-electron chi connectivity index (χ4n) is 2.92. The number of quaternary nitrogens is 1. The van der Waals surface area contributed by atoms with Crippen molar-refractivity contribution in [2.24, 2.45) is 28.4 Å². The number of terminal acetylenes is 1. The van der Waals surface area contributed by atoms with Crippen LogP contribution in [-0.2, 0) is 14.4 Å². The smallest absolute Gasteiger partial charge is 0.410 e. The van der Waals surface area contributed by atoms with E-state index in [2.05, 4.69) is 49.5 Å². The van der Waals surface area contributed by atoms with E-state index >= 15 is 0 Å². The van der Waals surface area contributed by atoms with Crippen LogP contribution >= 0.6 is 27.9 Å². The third kappa shape index (κ3) is 20.9. The first kappa shape index (κ1) is 40.6. The number of nitrogens with two attached hydrogens (primary N) is 3. The van der Waals surface area contributed by atoms with Gasteiger partial charge in [-0.25, -0.2) is 9.63 Å². The van der Waals surface area contributed by atoms with Crippen LogP contribution < -0.4 is 16.6 Å². The molecule has 0 aliphatic carbocycles. The number of hydroxylamine groups is 3. The second-order valence-corrected chi connectivity index (χ2v) is 11.6. The molecule has 1 rings (SSSR count). The Balaban J connectivity index is 0. The van der Waals surface area contributed by atoms with Crippen molar-refractivity contribution in [1.82, 2.24) is 4.90 Å². The molecule has 41 heavy (non-hydrogen) atoms. The van der Waals surface area contributed by atoms with Gasteiger partial charge < -0.3 is 21.1 Å². The third-order valence-electron chi connectivity index (χ3n) is 5.52. The molecule has 0 aromatic heterocycles. The summed E-state index contributed by atoms with van der Waals surface area (Å²) in [6.45, 7) is 9.64. The summed E-state index contributed by atoms with van der Waals surface area (Å²) in [6.07, 6.45) is 10.5. The summed E-state index contributed by atoms with van der Waals surface area (Å²) in [6, 6.07) is 6.81. The van der Waals surface area contributed by atoms with Crippen molar-refractivity contribution < 1.29 is 28.6 Å². The van der Waals surface area contributed by atoms with Crippen molar-refractivity contribution in [3.63, 3.8) is 0 Å². The summed E-state index contributed by atoms with van der Waals surface area (Å²) < 4.78 is 5.90. The molecule has 12 heteroatoms. The Morgan fingerprint density at radius 1 is 1.12 bits per heavy atom. The molecule has 6 N–H and O–H groups in total. The largest absolute Gasteiger partial charge is 0.445 e. The number of carbonyl (C=O) groups is 3. The predicted octanol–water partition coefficient (Wildman–Crippen LogP) is 5.03. The normalized spacial score (nSPS) is 12.2. The molecule has 0 aliphatic heterocycles. The van der Waals surface area contributed by atoms with E-state index in [4.69, 9.17) is 32.6 Å². The summed E-state index contributed by atoms with van der Waals surface area (Å²) in [4.78, 5) is 40.3. The van der Waals surface area contributed by atoms with E-state index in [1.165, 1.54) is 19.9 Å². The molecule has 1 aromatic rings. The molecule has 0 heterocycles. The Kier molecular flexibility index (Phi) is 22.8. The molecule has 3 amide bonds.